The highest BCUT2D eigenvalue weighted by Gasteiger charge is 2.27. The number of aromatic nitrogens is 5. The Morgan fingerprint density at radius 1 is 1.28 bits per heavy atom. The van der Waals surface area contributed by atoms with Gasteiger partial charge in [-0.15, -0.1) is 10.2 Å². The fourth-order valence-electron chi connectivity index (χ4n) is 3.57. The van der Waals surface area contributed by atoms with E-state index in [9.17, 15) is 4.79 Å². The smallest absolute Gasteiger partial charge is 0.224 e. The van der Waals surface area contributed by atoms with Gasteiger partial charge in [0.15, 0.2) is 5.65 Å². The minimum atomic E-state index is 0.201. The first kappa shape index (κ1) is 15.8. The minimum absolute atomic E-state index is 0.201. The molecule has 0 saturated carbocycles. The Kier molecular flexibility index (Phi) is 4.21. The molecule has 1 saturated heterocycles. The highest BCUT2D eigenvalue weighted by Crippen LogP contribution is 2.26. The number of rotatable bonds is 4. The van der Waals surface area contributed by atoms with Crippen LogP contribution in [-0.2, 0) is 11.3 Å². The third kappa shape index (κ3) is 3.14. The maximum absolute atomic E-state index is 12.6. The van der Waals surface area contributed by atoms with Gasteiger partial charge in [0.2, 0.25) is 5.91 Å². The van der Waals surface area contributed by atoms with Gasteiger partial charge in [-0.3, -0.25) is 9.20 Å². The van der Waals surface area contributed by atoms with Crippen LogP contribution in [0, 0.1) is 6.92 Å². The zero-order chi connectivity index (χ0) is 17.2. The highest BCUT2D eigenvalue weighted by atomic mass is 16.2. The fourth-order valence-corrected chi connectivity index (χ4v) is 3.57. The van der Waals surface area contributed by atoms with Gasteiger partial charge in [0.05, 0.1) is 0 Å². The molecule has 7 heteroatoms. The average Bonchev–Trinajstić information content (AvgIpc) is 3.26. The Hall–Kier alpha value is -2.70. The molecule has 1 fully saturated rings. The number of aryl methyl sites for hydroxylation is 2. The summed E-state index contributed by atoms with van der Waals surface area (Å²) in [7, 11) is 0. The summed E-state index contributed by atoms with van der Waals surface area (Å²) in [5.41, 5.74) is 0.858. The molecule has 0 spiro atoms. The van der Waals surface area contributed by atoms with Crippen molar-refractivity contribution in [2.24, 2.45) is 0 Å². The van der Waals surface area contributed by atoms with Gasteiger partial charge in [-0.1, -0.05) is 6.07 Å². The number of likely N-dealkylation sites (tertiary alicyclic amines) is 1. The molecule has 4 rings (SSSR count). The largest absolute Gasteiger partial charge is 0.342 e. The van der Waals surface area contributed by atoms with Crippen molar-refractivity contribution in [1.82, 2.24) is 29.0 Å². The quantitative estimate of drug-likeness (QED) is 0.730. The van der Waals surface area contributed by atoms with E-state index in [2.05, 4.69) is 15.2 Å². The van der Waals surface area contributed by atoms with Crippen molar-refractivity contribution in [3.63, 3.8) is 0 Å². The summed E-state index contributed by atoms with van der Waals surface area (Å²) in [6.07, 6.45) is 8.23. The van der Waals surface area contributed by atoms with Gasteiger partial charge in [-0.2, -0.15) is 0 Å². The summed E-state index contributed by atoms with van der Waals surface area (Å²) in [6.45, 7) is 4.18. The lowest BCUT2D eigenvalue weighted by molar-refractivity contribution is -0.132. The van der Waals surface area contributed by atoms with Gasteiger partial charge in [-0.25, -0.2) is 4.98 Å². The van der Waals surface area contributed by atoms with Gasteiger partial charge in [0.1, 0.15) is 11.6 Å². The third-order valence-electron chi connectivity index (χ3n) is 4.97. The van der Waals surface area contributed by atoms with E-state index in [-0.39, 0.29) is 11.8 Å². The third-order valence-corrected chi connectivity index (χ3v) is 4.97. The minimum Gasteiger partial charge on any atom is -0.342 e. The van der Waals surface area contributed by atoms with E-state index >= 15 is 0 Å². The van der Waals surface area contributed by atoms with Gasteiger partial charge in [0, 0.05) is 50.6 Å². The van der Waals surface area contributed by atoms with Crippen molar-refractivity contribution >= 4 is 11.6 Å². The molecule has 0 aromatic carbocycles. The Morgan fingerprint density at radius 3 is 3.04 bits per heavy atom. The molecular formula is C18H22N6O. The van der Waals surface area contributed by atoms with Crippen LogP contribution in [0.1, 0.15) is 36.8 Å². The zero-order valence-electron chi connectivity index (χ0n) is 14.4. The van der Waals surface area contributed by atoms with E-state index in [0.717, 1.165) is 43.2 Å². The summed E-state index contributed by atoms with van der Waals surface area (Å²) in [6, 6.07) is 5.90. The normalized spacial score (nSPS) is 18.0. The molecule has 4 heterocycles. The molecule has 0 bridgehead atoms. The number of amides is 1. The van der Waals surface area contributed by atoms with Crippen molar-refractivity contribution in [3.8, 4) is 0 Å². The lowest BCUT2D eigenvalue weighted by Crippen LogP contribution is -2.39. The summed E-state index contributed by atoms with van der Waals surface area (Å²) in [5.74, 6) is 2.34. The monoisotopic (exact) mass is 338 g/mol. The maximum atomic E-state index is 12.6. The van der Waals surface area contributed by atoms with Gasteiger partial charge >= 0.3 is 0 Å². The molecule has 1 atom stereocenters. The Balaban J connectivity index is 1.44. The second-order valence-corrected chi connectivity index (χ2v) is 6.58. The summed E-state index contributed by atoms with van der Waals surface area (Å²) < 4.78 is 4.05. The lowest BCUT2D eigenvalue weighted by Gasteiger charge is -2.32. The maximum Gasteiger partial charge on any atom is 0.224 e. The van der Waals surface area contributed by atoms with Crippen LogP contribution < -0.4 is 0 Å². The van der Waals surface area contributed by atoms with Crippen molar-refractivity contribution < 1.29 is 4.79 Å². The highest BCUT2D eigenvalue weighted by molar-refractivity contribution is 5.76. The van der Waals surface area contributed by atoms with E-state index in [0.29, 0.717) is 13.0 Å². The van der Waals surface area contributed by atoms with E-state index in [1.165, 1.54) is 0 Å². The SMILES string of the molecule is Cc1nccn1CCC(=O)N1CCC[C@@H](c2nnc3ccccn23)C1. The molecule has 1 amide bonds. The molecular weight excluding hydrogens is 316 g/mol. The van der Waals surface area contributed by atoms with E-state index in [1.807, 2.05) is 51.4 Å². The van der Waals surface area contributed by atoms with Gasteiger partial charge in [0.25, 0.3) is 0 Å². The van der Waals surface area contributed by atoms with Crippen molar-refractivity contribution in [1.29, 1.82) is 0 Å². The first-order valence-corrected chi connectivity index (χ1v) is 8.77. The predicted molar refractivity (Wildman–Crippen MR) is 93.1 cm³/mol. The van der Waals surface area contributed by atoms with Crippen LogP contribution in [0.3, 0.4) is 0 Å². The Morgan fingerprint density at radius 2 is 2.20 bits per heavy atom. The molecule has 0 radical (unpaired) electrons. The summed E-state index contributed by atoms with van der Waals surface area (Å²) in [5, 5.41) is 8.62. The number of piperidine rings is 1. The number of fused-ring (bicyclic) bond motifs is 1. The first-order valence-electron chi connectivity index (χ1n) is 8.77. The van der Waals surface area contributed by atoms with Gasteiger partial charge < -0.3 is 9.47 Å². The Labute approximate surface area is 146 Å². The van der Waals surface area contributed by atoms with Crippen LogP contribution in [-0.4, -0.2) is 48.0 Å². The van der Waals surface area contributed by atoms with Crippen LogP contribution in [0.2, 0.25) is 0 Å². The van der Waals surface area contributed by atoms with Crippen LogP contribution in [0.15, 0.2) is 36.8 Å². The average molecular weight is 338 g/mol. The summed E-state index contributed by atoms with van der Waals surface area (Å²) >= 11 is 0. The van der Waals surface area contributed by atoms with Crippen LogP contribution in [0.5, 0.6) is 0 Å². The molecule has 7 nitrogen and oxygen atoms in total. The standard InChI is InChI=1S/C18H22N6O/c1-14-19-8-12-22(14)11-7-17(25)23-9-4-5-15(13-23)18-21-20-16-6-2-3-10-24(16)18/h2-3,6,8,10,12,15H,4-5,7,9,11,13H2,1H3/t15-/m1/s1. The molecule has 3 aromatic heterocycles. The second kappa shape index (κ2) is 6.66. The molecule has 0 aliphatic carbocycles. The number of hydrogen-bond donors (Lipinski definition) is 0. The first-order chi connectivity index (χ1) is 12.2. The van der Waals surface area contributed by atoms with Crippen LogP contribution >= 0.6 is 0 Å². The van der Waals surface area contributed by atoms with E-state index < -0.39 is 0 Å². The molecule has 1 aliphatic heterocycles. The van der Waals surface area contributed by atoms with E-state index in [1.54, 1.807) is 6.20 Å². The molecule has 25 heavy (non-hydrogen) atoms. The number of nitrogens with zero attached hydrogens (tertiary/aromatic N) is 6. The van der Waals surface area contributed by atoms with E-state index in [4.69, 9.17) is 0 Å². The lowest BCUT2D eigenvalue weighted by atomic mass is 9.97. The van der Waals surface area contributed by atoms with Crippen LogP contribution in [0.25, 0.3) is 5.65 Å². The predicted octanol–water partition coefficient (Wildman–Crippen LogP) is 2.03. The number of pyridine rings is 1. The molecule has 1 aliphatic rings. The number of hydrogen-bond acceptors (Lipinski definition) is 4. The van der Waals surface area contributed by atoms with Crippen molar-refractivity contribution in [2.75, 3.05) is 13.1 Å². The molecule has 130 valence electrons. The summed E-state index contributed by atoms with van der Waals surface area (Å²) in [4.78, 5) is 18.8. The number of imidazole rings is 1. The topological polar surface area (TPSA) is 68.3 Å². The number of carbonyl (C=O) groups is 1. The zero-order valence-corrected chi connectivity index (χ0v) is 14.4. The fraction of sp³-hybridized carbons (Fsp3) is 0.444. The molecule has 0 unspecified atom stereocenters. The van der Waals surface area contributed by atoms with Crippen LogP contribution in [0.4, 0.5) is 0 Å². The van der Waals surface area contributed by atoms with Crippen molar-refractivity contribution in [3.05, 3.63) is 48.4 Å². The van der Waals surface area contributed by atoms with Gasteiger partial charge in [-0.05, 0) is 31.9 Å². The molecule has 0 N–H and O–H groups in total. The Bertz CT molecular complexity index is 882. The second-order valence-electron chi connectivity index (χ2n) is 6.58. The van der Waals surface area contributed by atoms with Crippen molar-refractivity contribution in [2.45, 2.75) is 38.6 Å². The number of carbonyl (C=O) groups excluding carboxylic acids is 1. The molecule has 3 aromatic rings.